The normalized spacial score (nSPS) is 16.7. The van der Waals surface area contributed by atoms with E-state index in [1.54, 1.807) is 16.8 Å². The molecule has 4 heterocycles. The molecule has 0 radical (unpaired) electrons. The number of hydrogen-bond acceptors (Lipinski definition) is 7. The van der Waals surface area contributed by atoms with Crippen molar-refractivity contribution >= 4 is 27.8 Å². The largest absolute Gasteiger partial charge is 0.395 e. The second-order valence-electron chi connectivity index (χ2n) is 7.09. The molecule has 1 unspecified atom stereocenters. The topological polar surface area (TPSA) is 97.0 Å². The van der Waals surface area contributed by atoms with Crippen molar-refractivity contribution in [3.05, 3.63) is 65.1 Å². The van der Waals surface area contributed by atoms with Gasteiger partial charge in [-0.05, 0) is 37.1 Å². The Labute approximate surface area is 166 Å². The van der Waals surface area contributed by atoms with Crippen LogP contribution >= 0.6 is 0 Å². The molecule has 0 aliphatic carbocycles. The molecule has 146 valence electrons. The van der Waals surface area contributed by atoms with Gasteiger partial charge in [0, 0.05) is 12.7 Å². The molecule has 8 heteroatoms. The monoisotopic (exact) mass is 388 g/mol. The quantitative estimate of drug-likeness (QED) is 0.571. The molecular formula is C21H20N6O2. The third-order valence-corrected chi connectivity index (χ3v) is 5.43. The first-order valence-corrected chi connectivity index (χ1v) is 9.70. The zero-order chi connectivity index (χ0) is 19.8. The highest BCUT2D eigenvalue weighted by molar-refractivity contribution is 5.87. The number of aromatic nitrogens is 5. The Bertz CT molecular complexity index is 1250. The van der Waals surface area contributed by atoms with Gasteiger partial charge in [-0.1, -0.05) is 12.1 Å². The minimum Gasteiger partial charge on any atom is -0.395 e. The molecule has 0 saturated carbocycles. The summed E-state index contributed by atoms with van der Waals surface area (Å²) in [7, 11) is 0. The molecule has 0 bridgehead atoms. The summed E-state index contributed by atoms with van der Waals surface area (Å²) < 4.78 is 1.60. The highest BCUT2D eigenvalue weighted by Gasteiger charge is 2.32. The molecule has 29 heavy (non-hydrogen) atoms. The van der Waals surface area contributed by atoms with Crippen molar-refractivity contribution in [3.63, 3.8) is 0 Å². The van der Waals surface area contributed by atoms with Crippen LogP contribution in [0.5, 0.6) is 0 Å². The van der Waals surface area contributed by atoms with Gasteiger partial charge in [-0.2, -0.15) is 0 Å². The van der Waals surface area contributed by atoms with Crippen LogP contribution in [-0.2, 0) is 6.54 Å². The summed E-state index contributed by atoms with van der Waals surface area (Å²) >= 11 is 0. The second kappa shape index (κ2) is 7.21. The van der Waals surface area contributed by atoms with E-state index in [-0.39, 0.29) is 24.8 Å². The van der Waals surface area contributed by atoms with Crippen LogP contribution in [0.3, 0.4) is 0 Å². The van der Waals surface area contributed by atoms with Gasteiger partial charge >= 0.3 is 0 Å². The number of benzene rings is 1. The maximum atomic E-state index is 13.1. The van der Waals surface area contributed by atoms with Crippen molar-refractivity contribution in [2.75, 3.05) is 18.1 Å². The van der Waals surface area contributed by atoms with Crippen molar-refractivity contribution in [1.82, 2.24) is 24.5 Å². The highest BCUT2D eigenvalue weighted by atomic mass is 16.3. The second-order valence-corrected chi connectivity index (χ2v) is 7.09. The lowest BCUT2D eigenvalue weighted by molar-refractivity contribution is 0.270. The molecule has 5 rings (SSSR count). The predicted molar refractivity (Wildman–Crippen MR) is 110 cm³/mol. The van der Waals surface area contributed by atoms with E-state index in [2.05, 4.69) is 19.9 Å². The zero-order valence-corrected chi connectivity index (χ0v) is 15.8. The number of aliphatic hydroxyl groups excluding tert-OH is 1. The van der Waals surface area contributed by atoms with Gasteiger partial charge in [-0.15, -0.1) is 0 Å². The summed E-state index contributed by atoms with van der Waals surface area (Å²) in [5.74, 6) is 1.46. The first-order valence-electron chi connectivity index (χ1n) is 9.70. The lowest BCUT2D eigenvalue weighted by Gasteiger charge is -2.28. The van der Waals surface area contributed by atoms with E-state index in [1.807, 2.05) is 30.3 Å². The number of anilines is 1. The molecule has 1 atom stereocenters. The summed E-state index contributed by atoms with van der Waals surface area (Å²) in [6.07, 6.45) is 5.04. The Morgan fingerprint density at radius 1 is 1.07 bits per heavy atom. The molecule has 1 fully saturated rings. The number of aliphatic hydroxyl groups is 1. The molecule has 1 N–H and O–H groups in total. The van der Waals surface area contributed by atoms with E-state index in [4.69, 9.17) is 4.98 Å². The fourth-order valence-electron chi connectivity index (χ4n) is 4.16. The SMILES string of the molecule is O=c1c2ccccc2nc(C2CCCN2c2ncnc3ncccc23)n1CCO. The molecule has 4 aromatic rings. The number of rotatable bonds is 4. The smallest absolute Gasteiger partial charge is 0.261 e. The molecule has 8 nitrogen and oxygen atoms in total. The van der Waals surface area contributed by atoms with Gasteiger partial charge in [0.15, 0.2) is 5.65 Å². The van der Waals surface area contributed by atoms with Crippen molar-refractivity contribution in [2.24, 2.45) is 0 Å². The van der Waals surface area contributed by atoms with E-state index in [0.717, 1.165) is 30.6 Å². The zero-order valence-electron chi connectivity index (χ0n) is 15.8. The summed E-state index contributed by atoms with van der Waals surface area (Å²) in [6, 6.07) is 11.1. The third-order valence-electron chi connectivity index (χ3n) is 5.43. The lowest BCUT2D eigenvalue weighted by atomic mass is 10.1. The van der Waals surface area contributed by atoms with E-state index < -0.39 is 0 Å². The highest BCUT2D eigenvalue weighted by Crippen LogP contribution is 2.36. The number of para-hydroxylation sites is 1. The van der Waals surface area contributed by atoms with Crippen molar-refractivity contribution < 1.29 is 5.11 Å². The minimum absolute atomic E-state index is 0.114. The fourth-order valence-corrected chi connectivity index (χ4v) is 4.16. The Hall–Kier alpha value is -3.39. The van der Waals surface area contributed by atoms with Gasteiger partial charge in [0.1, 0.15) is 18.0 Å². The lowest BCUT2D eigenvalue weighted by Crippen LogP contribution is -2.33. The molecule has 1 aliphatic rings. The summed E-state index contributed by atoms with van der Waals surface area (Å²) in [6.45, 7) is 0.885. The average molecular weight is 388 g/mol. The summed E-state index contributed by atoms with van der Waals surface area (Å²) in [5, 5.41) is 11.0. The van der Waals surface area contributed by atoms with Crippen LogP contribution in [0.4, 0.5) is 5.82 Å². The maximum Gasteiger partial charge on any atom is 0.261 e. The van der Waals surface area contributed by atoms with E-state index in [0.29, 0.717) is 22.4 Å². The first kappa shape index (κ1) is 17.7. The summed E-state index contributed by atoms with van der Waals surface area (Å²) in [5.41, 5.74) is 1.19. The fraction of sp³-hybridized carbons (Fsp3) is 0.286. The molecule has 0 amide bonds. The van der Waals surface area contributed by atoms with Gasteiger partial charge in [0.25, 0.3) is 5.56 Å². The van der Waals surface area contributed by atoms with Crippen LogP contribution in [0.1, 0.15) is 24.7 Å². The van der Waals surface area contributed by atoms with Crippen molar-refractivity contribution in [3.8, 4) is 0 Å². The standard InChI is InChI=1S/C21H20N6O2/c28-12-11-27-20(25-16-7-2-1-5-14(16)21(27)29)17-8-4-10-26(17)19-15-6-3-9-22-18(15)23-13-24-19/h1-3,5-7,9,13,17,28H,4,8,10-12H2. The van der Waals surface area contributed by atoms with E-state index in [9.17, 15) is 9.90 Å². The van der Waals surface area contributed by atoms with E-state index in [1.165, 1.54) is 6.33 Å². The average Bonchev–Trinajstić information content (AvgIpc) is 3.25. The first-order chi connectivity index (χ1) is 14.3. The number of fused-ring (bicyclic) bond motifs is 2. The van der Waals surface area contributed by atoms with Gasteiger partial charge in [-0.25, -0.2) is 19.9 Å². The number of nitrogens with zero attached hydrogens (tertiary/aromatic N) is 6. The van der Waals surface area contributed by atoms with Gasteiger partial charge in [0.2, 0.25) is 0 Å². The Balaban J connectivity index is 1.69. The molecule has 0 spiro atoms. The Kier molecular flexibility index (Phi) is 4.40. The van der Waals surface area contributed by atoms with Gasteiger partial charge in [-0.3, -0.25) is 9.36 Å². The van der Waals surface area contributed by atoms with E-state index >= 15 is 0 Å². The van der Waals surface area contributed by atoms with Crippen LogP contribution in [0.25, 0.3) is 21.9 Å². The molecule has 1 saturated heterocycles. The van der Waals surface area contributed by atoms with Gasteiger partial charge < -0.3 is 10.0 Å². The van der Waals surface area contributed by atoms with Crippen LogP contribution in [0, 0.1) is 0 Å². The van der Waals surface area contributed by atoms with Crippen LogP contribution in [0.2, 0.25) is 0 Å². The van der Waals surface area contributed by atoms with Gasteiger partial charge in [0.05, 0.1) is 35.5 Å². The van der Waals surface area contributed by atoms with Crippen LogP contribution in [0.15, 0.2) is 53.7 Å². The van der Waals surface area contributed by atoms with Crippen molar-refractivity contribution in [1.29, 1.82) is 0 Å². The number of pyridine rings is 1. The maximum absolute atomic E-state index is 13.1. The Morgan fingerprint density at radius 2 is 1.93 bits per heavy atom. The molecular weight excluding hydrogens is 368 g/mol. The van der Waals surface area contributed by atoms with Crippen LogP contribution < -0.4 is 10.5 Å². The summed E-state index contributed by atoms with van der Waals surface area (Å²) in [4.78, 5) is 33.3. The van der Waals surface area contributed by atoms with Crippen LogP contribution in [-0.4, -0.2) is 42.8 Å². The minimum atomic E-state index is -0.125. The molecule has 1 aromatic carbocycles. The molecule has 3 aromatic heterocycles. The predicted octanol–water partition coefficient (Wildman–Crippen LogP) is 2.07. The Morgan fingerprint density at radius 3 is 2.83 bits per heavy atom. The van der Waals surface area contributed by atoms with Crippen molar-refractivity contribution in [2.45, 2.75) is 25.4 Å². The third kappa shape index (κ3) is 2.92. The number of hydrogen-bond donors (Lipinski definition) is 1. The molecule has 1 aliphatic heterocycles.